The summed E-state index contributed by atoms with van der Waals surface area (Å²) in [5.41, 5.74) is 0. The third-order valence-electron chi connectivity index (χ3n) is 1.23. The lowest BCUT2D eigenvalue weighted by Gasteiger charge is -2.04. The van der Waals surface area contributed by atoms with Gasteiger partial charge in [0, 0.05) is 13.0 Å². The molecule has 10 heavy (non-hydrogen) atoms. The third kappa shape index (κ3) is 5.97. The van der Waals surface area contributed by atoms with Crippen LogP contribution in [0.3, 0.4) is 0 Å². The maximum Gasteiger partial charge on any atom is 0.188 e. The molecule has 0 aliphatic heterocycles. The van der Waals surface area contributed by atoms with Crippen LogP contribution in [0.4, 0.5) is 0 Å². The van der Waals surface area contributed by atoms with Crippen molar-refractivity contribution in [1.29, 1.82) is 0 Å². The second-order valence-corrected chi connectivity index (χ2v) is 2.13. The van der Waals surface area contributed by atoms with E-state index in [0.29, 0.717) is 6.42 Å². The molecule has 0 aliphatic rings. The Kier molecular flexibility index (Phi) is 6.84. The molecule has 0 aromatic rings. The summed E-state index contributed by atoms with van der Waals surface area (Å²) >= 11 is 0. The van der Waals surface area contributed by atoms with Crippen LogP contribution in [0.25, 0.3) is 0 Å². The first-order valence-electron chi connectivity index (χ1n) is 3.40. The van der Waals surface area contributed by atoms with Crippen LogP contribution < -0.4 is 0 Å². The van der Waals surface area contributed by atoms with Gasteiger partial charge >= 0.3 is 0 Å². The molecule has 4 heteroatoms. The van der Waals surface area contributed by atoms with E-state index in [2.05, 4.69) is 4.89 Å². The average molecular weight is 150 g/mol. The van der Waals surface area contributed by atoms with Crippen molar-refractivity contribution < 1.29 is 20.4 Å². The summed E-state index contributed by atoms with van der Waals surface area (Å²) < 4.78 is 0. The standard InChI is InChI=1S/C6H14O4/c7-5-3-1-2-4-6(8)10-9/h6-9H,1-5H2. The third-order valence-corrected chi connectivity index (χ3v) is 1.23. The van der Waals surface area contributed by atoms with Crippen LogP contribution in [0.2, 0.25) is 0 Å². The van der Waals surface area contributed by atoms with Crippen molar-refractivity contribution in [1.82, 2.24) is 0 Å². The highest BCUT2D eigenvalue weighted by Crippen LogP contribution is 2.02. The quantitative estimate of drug-likeness (QED) is 0.221. The lowest BCUT2D eigenvalue weighted by molar-refractivity contribution is -0.335. The van der Waals surface area contributed by atoms with E-state index in [1.165, 1.54) is 0 Å². The van der Waals surface area contributed by atoms with Crippen molar-refractivity contribution in [3.63, 3.8) is 0 Å². The Morgan fingerprint density at radius 3 is 2.40 bits per heavy atom. The normalized spacial score (nSPS) is 13.5. The first-order chi connectivity index (χ1) is 4.81. The van der Waals surface area contributed by atoms with Crippen molar-refractivity contribution >= 4 is 0 Å². The molecule has 62 valence electrons. The predicted molar refractivity (Wildman–Crippen MR) is 35.3 cm³/mol. The Labute approximate surface area is 60.0 Å². The van der Waals surface area contributed by atoms with E-state index in [-0.39, 0.29) is 6.61 Å². The minimum atomic E-state index is -1.07. The lowest BCUT2D eigenvalue weighted by Crippen LogP contribution is -2.08. The highest BCUT2D eigenvalue weighted by molar-refractivity contribution is 4.43. The van der Waals surface area contributed by atoms with Crippen LogP contribution in [-0.2, 0) is 4.89 Å². The van der Waals surface area contributed by atoms with Gasteiger partial charge in [0.05, 0.1) is 0 Å². The molecular weight excluding hydrogens is 136 g/mol. The van der Waals surface area contributed by atoms with Gasteiger partial charge in [-0.25, -0.2) is 10.1 Å². The SMILES string of the molecule is OCCCCCC(O)OO. The molecule has 0 aliphatic carbocycles. The summed E-state index contributed by atoms with van der Waals surface area (Å²) in [5.74, 6) is 0. The Bertz CT molecular complexity index is 66.8. The highest BCUT2D eigenvalue weighted by Gasteiger charge is 2.00. The maximum absolute atomic E-state index is 8.62. The number of unbranched alkanes of at least 4 members (excludes halogenated alkanes) is 2. The van der Waals surface area contributed by atoms with Crippen molar-refractivity contribution in [2.45, 2.75) is 32.0 Å². The number of rotatable bonds is 6. The number of hydrogen-bond acceptors (Lipinski definition) is 4. The van der Waals surface area contributed by atoms with E-state index in [1.54, 1.807) is 0 Å². The monoisotopic (exact) mass is 150 g/mol. The Morgan fingerprint density at radius 1 is 1.20 bits per heavy atom. The fraction of sp³-hybridized carbons (Fsp3) is 1.00. The smallest absolute Gasteiger partial charge is 0.188 e. The molecule has 4 nitrogen and oxygen atoms in total. The Hall–Kier alpha value is -0.160. The second-order valence-electron chi connectivity index (χ2n) is 2.13. The van der Waals surface area contributed by atoms with E-state index in [0.717, 1.165) is 19.3 Å². The maximum atomic E-state index is 8.62. The van der Waals surface area contributed by atoms with Crippen LogP contribution in [0.5, 0.6) is 0 Å². The van der Waals surface area contributed by atoms with Gasteiger partial charge in [0.2, 0.25) is 0 Å². The van der Waals surface area contributed by atoms with E-state index in [9.17, 15) is 0 Å². The summed E-state index contributed by atoms with van der Waals surface area (Å²) in [7, 11) is 0. The fourth-order valence-corrected chi connectivity index (χ4v) is 0.660. The molecule has 0 aromatic carbocycles. The molecule has 0 saturated carbocycles. The van der Waals surface area contributed by atoms with Gasteiger partial charge in [-0.15, -0.1) is 0 Å². The van der Waals surface area contributed by atoms with Crippen LogP contribution in [0, 0.1) is 0 Å². The summed E-state index contributed by atoms with van der Waals surface area (Å²) in [5, 5.41) is 24.9. The molecule has 0 spiro atoms. The summed E-state index contributed by atoms with van der Waals surface area (Å²) in [6, 6.07) is 0. The first kappa shape index (κ1) is 9.84. The number of aliphatic hydroxyl groups is 2. The molecule has 0 fully saturated rings. The zero-order valence-corrected chi connectivity index (χ0v) is 5.86. The summed E-state index contributed by atoms with van der Waals surface area (Å²) in [6.45, 7) is 0.177. The molecular formula is C6H14O4. The Morgan fingerprint density at radius 2 is 1.90 bits per heavy atom. The van der Waals surface area contributed by atoms with Gasteiger partial charge in [0.15, 0.2) is 6.29 Å². The van der Waals surface area contributed by atoms with Gasteiger partial charge in [-0.2, -0.15) is 0 Å². The van der Waals surface area contributed by atoms with E-state index in [1.807, 2.05) is 0 Å². The lowest BCUT2D eigenvalue weighted by atomic mass is 10.2. The molecule has 3 N–H and O–H groups in total. The van der Waals surface area contributed by atoms with Crippen LogP contribution in [0.1, 0.15) is 25.7 Å². The van der Waals surface area contributed by atoms with Crippen molar-refractivity contribution in [3.8, 4) is 0 Å². The number of aliphatic hydroxyl groups excluding tert-OH is 2. The molecule has 0 aromatic heterocycles. The molecule has 1 atom stereocenters. The van der Waals surface area contributed by atoms with Crippen molar-refractivity contribution in [2.75, 3.05) is 6.61 Å². The highest BCUT2D eigenvalue weighted by atomic mass is 17.1. The molecule has 0 saturated heterocycles. The largest absolute Gasteiger partial charge is 0.396 e. The van der Waals surface area contributed by atoms with Gasteiger partial charge in [-0.1, -0.05) is 6.42 Å². The molecule has 0 heterocycles. The van der Waals surface area contributed by atoms with Crippen molar-refractivity contribution in [3.05, 3.63) is 0 Å². The zero-order valence-electron chi connectivity index (χ0n) is 5.86. The summed E-state index contributed by atoms with van der Waals surface area (Å²) in [4.78, 5) is 3.62. The average Bonchev–Trinajstić information content (AvgIpc) is 1.98. The molecule has 0 amide bonds. The second kappa shape index (κ2) is 6.95. The minimum Gasteiger partial charge on any atom is -0.396 e. The first-order valence-corrected chi connectivity index (χ1v) is 3.40. The van der Waals surface area contributed by atoms with Gasteiger partial charge in [0.25, 0.3) is 0 Å². The topological polar surface area (TPSA) is 69.9 Å². The van der Waals surface area contributed by atoms with Crippen LogP contribution >= 0.6 is 0 Å². The van der Waals surface area contributed by atoms with Crippen LogP contribution in [-0.4, -0.2) is 28.4 Å². The van der Waals surface area contributed by atoms with Gasteiger partial charge in [-0.05, 0) is 12.8 Å². The van der Waals surface area contributed by atoms with Gasteiger partial charge in [-0.3, -0.25) is 0 Å². The van der Waals surface area contributed by atoms with E-state index >= 15 is 0 Å². The van der Waals surface area contributed by atoms with Crippen molar-refractivity contribution in [2.24, 2.45) is 0 Å². The summed E-state index contributed by atoms with van der Waals surface area (Å²) in [6.07, 6.45) is 1.67. The van der Waals surface area contributed by atoms with E-state index in [4.69, 9.17) is 15.5 Å². The van der Waals surface area contributed by atoms with Gasteiger partial charge < -0.3 is 10.2 Å². The fourth-order valence-electron chi connectivity index (χ4n) is 0.660. The van der Waals surface area contributed by atoms with Crippen LogP contribution in [0.15, 0.2) is 0 Å². The van der Waals surface area contributed by atoms with E-state index < -0.39 is 6.29 Å². The zero-order chi connectivity index (χ0) is 7.82. The molecule has 0 rings (SSSR count). The number of hydrogen-bond donors (Lipinski definition) is 3. The Balaban J connectivity index is 2.89. The molecule has 0 radical (unpaired) electrons. The predicted octanol–water partition coefficient (Wildman–Crippen LogP) is 0.347. The minimum absolute atomic E-state index is 0.177. The van der Waals surface area contributed by atoms with Gasteiger partial charge in [0.1, 0.15) is 0 Å². The molecule has 1 unspecified atom stereocenters. The molecule has 0 bridgehead atoms.